The van der Waals surface area contributed by atoms with Crippen LogP contribution in [0.5, 0.6) is 0 Å². The van der Waals surface area contributed by atoms with Crippen LogP contribution in [0.25, 0.3) is 16.9 Å². The zero-order chi connectivity index (χ0) is 24.2. The highest BCUT2D eigenvalue weighted by molar-refractivity contribution is 5.99. The Morgan fingerprint density at radius 1 is 1.30 bits per heavy atom. The summed E-state index contributed by atoms with van der Waals surface area (Å²) in [5, 5.41) is 25.5. The number of amides is 1. The van der Waals surface area contributed by atoms with Gasteiger partial charge in [0.15, 0.2) is 0 Å². The summed E-state index contributed by atoms with van der Waals surface area (Å²) in [4.78, 5) is 21.6. The van der Waals surface area contributed by atoms with Gasteiger partial charge in [0.25, 0.3) is 5.91 Å². The van der Waals surface area contributed by atoms with E-state index in [1.54, 1.807) is 22.9 Å². The van der Waals surface area contributed by atoms with Gasteiger partial charge in [-0.15, -0.1) is 0 Å². The Hall–Kier alpha value is -3.51. The van der Waals surface area contributed by atoms with Gasteiger partial charge in [-0.2, -0.15) is 5.26 Å². The van der Waals surface area contributed by atoms with Crippen LogP contribution in [0.15, 0.2) is 36.8 Å². The molecule has 8 nitrogen and oxygen atoms in total. The van der Waals surface area contributed by atoms with Gasteiger partial charge in [0, 0.05) is 36.6 Å². The van der Waals surface area contributed by atoms with Gasteiger partial charge in [-0.3, -0.25) is 9.36 Å². The summed E-state index contributed by atoms with van der Waals surface area (Å²) in [7, 11) is 0. The molecule has 0 spiro atoms. The summed E-state index contributed by atoms with van der Waals surface area (Å²) in [6.07, 6.45) is 4.03. The first-order chi connectivity index (χ1) is 15.6. The lowest BCUT2D eigenvalue weighted by Gasteiger charge is -2.22. The minimum Gasteiger partial charge on any atom is -0.387 e. The monoisotopic (exact) mass is 452 g/mol. The molecule has 0 saturated heterocycles. The molecule has 1 unspecified atom stereocenters. The maximum atomic E-state index is 14.1. The second-order valence-corrected chi connectivity index (χ2v) is 8.96. The second kappa shape index (κ2) is 9.96. The van der Waals surface area contributed by atoms with Crippen LogP contribution >= 0.6 is 0 Å². The van der Waals surface area contributed by atoms with Crippen molar-refractivity contribution in [3.63, 3.8) is 0 Å². The number of aliphatic hydroxyl groups is 1. The number of hydrogen-bond acceptors (Lipinski definition) is 6. The predicted molar refractivity (Wildman–Crippen MR) is 125 cm³/mol. The molecule has 0 aromatic carbocycles. The Kier molecular flexibility index (Phi) is 7.29. The molecule has 0 aliphatic rings. The fourth-order valence-corrected chi connectivity index (χ4v) is 3.20. The fraction of sp³-hybridized carbons (Fsp3) is 0.417. The quantitative estimate of drug-likeness (QED) is 0.457. The van der Waals surface area contributed by atoms with Crippen molar-refractivity contribution < 1.29 is 14.3 Å². The highest BCUT2D eigenvalue weighted by Crippen LogP contribution is 2.23. The first-order valence-corrected chi connectivity index (χ1v) is 10.9. The Morgan fingerprint density at radius 2 is 2.06 bits per heavy atom. The molecule has 3 aromatic rings. The first kappa shape index (κ1) is 24.1. The molecule has 174 valence electrons. The van der Waals surface area contributed by atoms with Crippen molar-refractivity contribution in [1.29, 1.82) is 5.26 Å². The number of anilines is 1. The molecule has 0 bridgehead atoms. The summed E-state index contributed by atoms with van der Waals surface area (Å²) < 4.78 is 15.9. The largest absolute Gasteiger partial charge is 0.387 e. The number of nitriles is 1. The number of aromatic nitrogens is 3. The molecule has 1 atom stereocenters. The number of carbonyl (C=O) groups is 1. The Morgan fingerprint density at radius 3 is 2.73 bits per heavy atom. The van der Waals surface area contributed by atoms with Crippen molar-refractivity contribution in [2.45, 2.75) is 45.9 Å². The van der Waals surface area contributed by atoms with Crippen molar-refractivity contribution in [1.82, 2.24) is 19.9 Å². The van der Waals surface area contributed by atoms with Crippen LogP contribution in [0.3, 0.4) is 0 Å². The number of alkyl halides is 1. The Labute approximate surface area is 192 Å². The van der Waals surface area contributed by atoms with E-state index in [-0.39, 0.29) is 12.1 Å². The standard InChI is InChI=1S/C24H29FN6O2/c1-15(2)5-7-27-19-10-21(31-8-6-17-9-16(11-26)12-29-22(17)31)28-13-18(19)23(32)30-14-20(25)24(3,4)33/h6,8-10,12-13,15,20,33H,5,7,14H2,1-4H3,(H,27,28)(H,30,32). The average molecular weight is 453 g/mol. The third-order valence-corrected chi connectivity index (χ3v) is 5.28. The number of nitrogens with one attached hydrogen (secondary N) is 2. The van der Waals surface area contributed by atoms with Crippen LogP contribution < -0.4 is 10.6 Å². The molecule has 0 aliphatic heterocycles. The van der Waals surface area contributed by atoms with Crippen molar-refractivity contribution >= 4 is 22.6 Å². The highest BCUT2D eigenvalue weighted by atomic mass is 19.1. The van der Waals surface area contributed by atoms with E-state index in [1.807, 2.05) is 6.07 Å². The number of halogens is 1. The van der Waals surface area contributed by atoms with Crippen LogP contribution in [0.4, 0.5) is 10.1 Å². The van der Waals surface area contributed by atoms with Crippen molar-refractivity contribution in [3.05, 3.63) is 47.9 Å². The van der Waals surface area contributed by atoms with Crippen molar-refractivity contribution in [3.8, 4) is 11.9 Å². The minimum absolute atomic E-state index is 0.279. The molecular formula is C24H29FN6O2. The lowest BCUT2D eigenvalue weighted by atomic mass is 10.0. The number of hydrogen-bond donors (Lipinski definition) is 3. The second-order valence-electron chi connectivity index (χ2n) is 8.96. The minimum atomic E-state index is -1.61. The van der Waals surface area contributed by atoms with E-state index < -0.39 is 17.7 Å². The highest BCUT2D eigenvalue weighted by Gasteiger charge is 2.27. The molecule has 3 rings (SSSR count). The van der Waals surface area contributed by atoms with Gasteiger partial charge in [0.1, 0.15) is 23.7 Å². The smallest absolute Gasteiger partial charge is 0.255 e. The molecule has 3 N–H and O–H groups in total. The molecule has 0 fully saturated rings. The lowest BCUT2D eigenvalue weighted by molar-refractivity contribution is -0.00177. The van der Waals surface area contributed by atoms with E-state index in [0.717, 1.165) is 11.8 Å². The summed E-state index contributed by atoms with van der Waals surface area (Å²) in [5.41, 5.74) is 0.390. The molecule has 0 aliphatic carbocycles. The zero-order valence-electron chi connectivity index (χ0n) is 19.3. The third-order valence-electron chi connectivity index (χ3n) is 5.28. The van der Waals surface area contributed by atoms with E-state index in [2.05, 4.69) is 40.5 Å². The number of pyridine rings is 2. The molecular weight excluding hydrogens is 423 g/mol. The molecule has 1 amide bonds. The summed E-state index contributed by atoms with van der Waals surface area (Å²) >= 11 is 0. The normalized spacial score (nSPS) is 12.5. The molecule has 33 heavy (non-hydrogen) atoms. The van der Waals surface area contributed by atoms with Gasteiger partial charge < -0.3 is 15.7 Å². The maximum absolute atomic E-state index is 14.1. The number of carbonyl (C=O) groups excluding carboxylic acids is 1. The summed E-state index contributed by atoms with van der Waals surface area (Å²) in [6, 6.07) is 7.41. The van der Waals surface area contributed by atoms with Gasteiger partial charge in [-0.05, 0) is 38.3 Å². The van der Waals surface area contributed by atoms with E-state index in [0.29, 0.717) is 35.2 Å². The topological polar surface area (TPSA) is 116 Å². The van der Waals surface area contributed by atoms with Crippen LogP contribution in [0.1, 0.15) is 50.0 Å². The van der Waals surface area contributed by atoms with Gasteiger partial charge >= 0.3 is 0 Å². The number of nitrogens with zero attached hydrogens (tertiary/aromatic N) is 4. The van der Waals surface area contributed by atoms with Crippen molar-refractivity contribution in [2.75, 3.05) is 18.4 Å². The van der Waals surface area contributed by atoms with Crippen LogP contribution in [-0.2, 0) is 0 Å². The fourth-order valence-electron chi connectivity index (χ4n) is 3.20. The molecule has 3 heterocycles. The SMILES string of the molecule is CC(C)CCNc1cc(-n2ccc3cc(C#N)cnc32)ncc1C(=O)NCC(F)C(C)(C)O. The number of rotatable bonds is 9. The molecule has 3 aromatic heterocycles. The van der Waals surface area contributed by atoms with E-state index in [1.165, 1.54) is 26.2 Å². The first-order valence-electron chi connectivity index (χ1n) is 10.9. The average Bonchev–Trinajstić information content (AvgIpc) is 3.19. The van der Waals surface area contributed by atoms with E-state index in [4.69, 9.17) is 5.26 Å². The molecule has 0 radical (unpaired) electrons. The lowest BCUT2D eigenvalue weighted by Crippen LogP contribution is -2.42. The molecule has 9 heteroatoms. The van der Waals surface area contributed by atoms with E-state index in [9.17, 15) is 14.3 Å². The maximum Gasteiger partial charge on any atom is 0.255 e. The van der Waals surface area contributed by atoms with Gasteiger partial charge in [0.05, 0.1) is 29.0 Å². The van der Waals surface area contributed by atoms with Crippen LogP contribution in [0, 0.1) is 17.2 Å². The van der Waals surface area contributed by atoms with Crippen LogP contribution in [0.2, 0.25) is 0 Å². The van der Waals surface area contributed by atoms with Gasteiger partial charge in [-0.25, -0.2) is 14.4 Å². The Balaban J connectivity index is 1.91. The van der Waals surface area contributed by atoms with Crippen molar-refractivity contribution in [2.24, 2.45) is 5.92 Å². The van der Waals surface area contributed by atoms with Gasteiger partial charge in [0.2, 0.25) is 0 Å². The third kappa shape index (κ3) is 5.84. The van der Waals surface area contributed by atoms with Crippen LogP contribution in [-0.4, -0.2) is 50.4 Å². The summed E-state index contributed by atoms with van der Waals surface area (Å²) in [5.74, 6) is 0.537. The predicted octanol–water partition coefficient (Wildman–Crippen LogP) is 3.59. The Bertz CT molecular complexity index is 1180. The van der Waals surface area contributed by atoms with E-state index >= 15 is 0 Å². The van der Waals surface area contributed by atoms with Gasteiger partial charge in [-0.1, -0.05) is 13.8 Å². The summed E-state index contributed by atoms with van der Waals surface area (Å²) in [6.45, 7) is 7.26. The number of fused-ring (bicyclic) bond motifs is 1. The zero-order valence-corrected chi connectivity index (χ0v) is 19.3. The molecule has 0 saturated carbocycles.